The Balaban J connectivity index is 1.94. The Morgan fingerprint density at radius 3 is 2.44 bits per heavy atom. The summed E-state index contributed by atoms with van der Waals surface area (Å²) in [4.78, 5) is 2.95. The van der Waals surface area contributed by atoms with E-state index in [-0.39, 0.29) is 0 Å². The van der Waals surface area contributed by atoms with E-state index in [1.807, 2.05) is 0 Å². The largest absolute Gasteiger partial charge is 0.294 e. The zero-order chi connectivity index (χ0) is 11.4. The van der Waals surface area contributed by atoms with Crippen LogP contribution in [0.3, 0.4) is 0 Å². The van der Waals surface area contributed by atoms with E-state index in [1.165, 1.54) is 64.2 Å². The quantitative estimate of drug-likeness (QED) is 0.669. The van der Waals surface area contributed by atoms with Crippen LogP contribution < -0.4 is 0 Å². The maximum absolute atomic E-state index is 2.95. The summed E-state index contributed by atoms with van der Waals surface area (Å²) in [5.41, 5.74) is 0. The monoisotopic (exact) mass is 223 g/mol. The first-order valence-corrected chi connectivity index (χ1v) is 7.64. The number of rotatable bonds is 5. The molecule has 0 spiro atoms. The van der Waals surface area contributed by atoms with Crippen molar-refractivity contribution in [3.8, 4) is 0 Å². The van der Waals surface area contributed by atoms with Gasteiger partial charge in [-0.25, -0.2) is 0 Å². The summed E-state index contributed by atoms with van der Waals surface area (Å²) < 4.78 is 0. The molecule has 1 nitrogen and oxygen atoms in total. The van der Waals surface area contributed by atoms with Crippen molar-refractivity contribution < 1.29 is 0 Å². The van der Waals surface area contributed by atoms with Gasteiger partial charge in [-0.3, -0.25) is 4.90 Å². The number of unbranched alkanes of at least 4 members (excludes halogenated alkanes) is 1. The van der Waals surface area contributed by atoms with Gasteiger partial charge in [0.05, 0.1) is 0 Å². The lowest BCUT2D eigenvalue weighted by atomic mass is 9.93. The summed E-state index contributed by atoms with van der Waals surface area (Å²) in [7, 11) is 0. The molecule has 0 saturated carbocycles. The van der Waals surface area contributed by atoms with Gasteiger partial charge >= 0.3 is 0 Å². The number of nitrogens with zero attached hydrogens (tertiary/aromatic N) is 1. The molecular weight excluding hydrogens is 194 g/mol. The van der Waals surface area contributed by atoms with Crippen LogP contribution in [0.25, 0.3) is 0 Å². The SMILES string of the molecule is CCCC[C@H]1CC[C@H]2CCC[C@H](CCC)N21. The molecule has 1 heteroatoms. The minimum atomic E-state index is 0.938. The van der Waals surface area contributed by atoms with Gasteiger partial charge in [0, 0.05) is 18.1 Å². The average Bonchev–Trinajstić information content (AvgIpc) is 2.71. The summed E-state index contributed by atoms with van der Waals surface area (Å²) in [6, 6.07) is 2.85. The topological polar surface area (TPSA) is 3.24 Å². The number of fused-ring (bicyclic) bond motifs is 1. The minimum absolute atomic E-state index is 0.938. The van der Waals surface area contributed by atoms with Crippen LogP contribution in [0.1, 0.15) is 78.1 Å². The minimum Gasteiger partial charge on any atom is -0.294 e. The van der Waals surface area contributed by atoms with E-state index in [1.54, 1.807) is 0 Å². The third kappa shape index (κ3) is 2.61. The Labute approximate surface area is 102 Å². The maximum atomic E-state index is 2.95. The van der Waals surface area contributed by atoms with Gasteiger partial charge < -0.3 is 0 Å². The van der Waals surface area contributed by atoms with Gasteiger partial charge in [-0.05, 0) is 38.5 Å². The first-order valence-electron chi connectivity index (χ1n) is 7.64. The highest BCUT2D eigenvalue weighted by atomic mass is 15.2. The van der Waals surface area contributed by atoms with Gasteiger partial charge in [0.1, 0.15) is 0 Å². The van der Waals surface area contributed by atoms with Crippen molar-refractivity contribution in [2.75, 3.05) is 0 Å². The predicted molar refractivity (Wildman–Crippen MR) is 70.7 cm³/mol. The average molecular weight is 223 g/mol. The van der Waals surface area contributed by atoms with E-state index in [4.69, 9.17) is 0 Å². The van der Waals surface area contributed by atoms with Gasteiger partial charge in [-0.1, -0.05) is 39.5 Å². The van der Waals surface area contributed by atoms with Crippen LogP contribution in [0.15, 0.2) is 0 Å². The Bertz CT molecular complexity index is 200. The Morgan fingerprint density at radius 2 is 1.69 bits per heavy atom. The third-order valence-corrected chi connectivity index (χ3v) is 4.69. The predicted octanol–water partition coefficient (Wildman–Crippen LogP) is 4.36. The third-order valence-electron chi connectivity index (χ3n) is 4.69. The molecule has 94 valence electrons. The van der Waals surface area contributed by atoms with Crippen LogP contribution in [-0.4, -0.2) is 23.0 Å². The highest BCUT2D eigenvalue weighted by Gasteiger charge is 2.39. The van der Waals surface area contributed by atoms with E-state index in [2.05, 4.69) is 18.7 Å². The Kier molecular flexibility index (Phi) is 4.69. The molecule has 0 aromatic rings. The molecule has 0 unspecified atom stereocenters. The fraction of sp³-hybridized carbons (Fsp3) is 1.00. The van der Waals surface area contributed by atoms with Crippen molar-refractivity contribution in [1.82, 2.24) is 4.90 Å². The standard InChI is InChI=1S/C15H29N/c1-3-5-8-14-11-12-15-10-6-9-13(7-4-2)16(14)15/h13-15H,3-12H2,1-2H3/t13-,14-,15+/m0/s1. The van der Waals surface area contributed by atoms with Gasteiger partial charge in [-0.15, -0.1) is 0 Å². The molecule has 0 amide bonds. The molecule has 0 radical (unpaired) electrons. The van der Waals surface area contributed by atoms with Crippen LogP contribution in [0, 0.1) is 0 Å². The lowest BCUT2D eigenvalue weighted by molar-refractivity contribution is 0.0715. The van der Waals surface area contributed by atoms with Crippen molar-refractivity contribution in [2.24, 2.45) is 0 Å². The lowest BCUT2D eigenvalue weighted by Gasteiger charge is -2.41. The number of hydrogen-bond donors (Lipinski definition) is 0. The van der Waals surface area contributed by atoms with E-state index in [9.17, 15) is 0 Å². The summed E-state index contributed by atoms with van der Waals surface area (Å²) >= 11 is 0. The summed E-state index contributed by atoms with van der Waals surface area (Å²) in [5, 5.41) is 0. The zero-order valence-corrected chi connectivity index (χ0v) is 11.3. The highest BCUT2D eigenvalue weighted by molar-refractivity contribution is 4.94. The molecule has 2 aliphatic rings. The molecule has 16 heavy (non-hydrogen) atoms. The van der Waals surface area contributed by atoms with E-state index in [0.717, 1.165) is 18.1 Å². The molecule has 2 saturated heterocycles. The van der Waals surface area contributed by atoms with Crippen molar-refractivity contribution in [1.29, 1.82) is 0 Å². The van der Waals surface area contributed by atoms with Crippen LogP contribution in [0.2, 0.25) is 0 Å². The van der Waals surface area contributed by atoms with Crippen LogP contribution in [-0.2, 0) is 0 Å². The normalized spacial score (nSPS) is 35.2. The molecule has 0 bridgehead atoms. The van der Waals surface area contributed by atoms with E-state index >= 15 is 0 Å². The smallest absolute Gasteiger partial charge is 0.0102 e. The lowest BCUT2D eigenvalue weighted by Crippen LogP contribution is -2.46. The Hall–Kier alpha value is -0.0400. The molecule has 2 rings (SSSR count). The second-order valence-corrected chi connectivity index (χ2v) is 5.85. The van der Waals surface area contributed by atoms with Gasteiger partial charge in [0.2, 0.25) is 0 Å². The molecule has 3 atom stereocenters. The number of hydrogen-bond acceptors (Lipinski definition) is 1. The molecule has 2 heterocycles. The Morgan fingerprint density at radius 1 is 0.875 bits per heavy atom. The van der Waals surface area contributed by atoms with Crippen molar-refractivity contribution >= 4 is 0 Å². The highest BCUT2D eigenvalue weighted by Crippen LogP contribution is 2.38. The maximum Gasteiger partial charge on any atom is 0.0102 e. The molecule has 0 aromatic carbocycles. The molecule has 0 N–H and O–H groups in total. The second-order valence-electron chi connectivity index (χ2n) is 5.85. The number of piperidine rings is 1. The fourth-order valence-corrected chi connectivity index (χ4v) is 3.97. The van der Waals surface area contributed by atoms with Crippen LogP contribution >= 0.6 is 0 Å². The van der Waals surface area contributed by atoms with Crippen molar-refractivity contribution in [3.63, 3.8) is 0 Å². The second kappa shape index (κ2) is 6.05. The van der Waals surface area contributed by atoms with Gasteiger partial charge in [0.25, 0.3) is 0 Å². The molecule has 2 fully saturated rings. The summed E-state index contributed by atoms with van der Waals surface area (Å²) in [6.07, 6.45) is 14.5. The first kappa shape index (κ1) is 12.4. The van der Waals surface area contributed by atoms with Crippen molar-refractivity contribution in [2.45, 2.75) is 96.2 Å². The molecular formula is C15H29N. The van der Waals surface area contributed by atoms with Gasteiger partial charge in [0.15, 0.2) is 0 Å². The summed E-state index contributed by atoms with van der Waals surface area (Å²) in [5.74, 6) is 0. The summed E-state index contributed by atoms with van der Waals surface area (Å²) in [6.45, 7) is 4.67. The molecule has 0 aliphatic carbocycles. The van der Waals surface area contributed by atoms with Crippen LogP contribution in [0.5, 0.6) is 0 Å². The molecule has 0 aromatic heterocycles. The van der Waals surface area contributed by atoms with E-state index < -0.39 is 0 Å². The van der Waals surface area contributed by atoms with Gasteiger partial charge in [-0.2, -0.15) is 0 Å². The molecule has 2 aliphatic heterocycles. The van der Waals surface area contributed by atoms with Crippen LogP contribution in [0.4, 0.5) is 0 Å². The van der Waals surface area contributed by atoms with E-state index in [0.29, 0.717) is 0 Å². The fourth-order valence-electron chi connectivity index (χ4n) is 3.97. The van der Waals surface area contributed by atoms with Crippen molar-refractivity contribution in [3.05, 3.63) is 0 Å². The first-order chi connectivity index (χ1) is 7.86. The zero-order valence-electron chi connectivity index (χ0n) is 11.3.